The predicted molar refractivity (Wildman–Crippen MR) is 74.0 cm³/mol. The molecule has 0 aromatic heterocycles. The number of halogens is 2. The van der Waals surface area contributed by atoms with Gasteiger partial charge in [-0.2, -0.15) is 0 Å². The van der Waals surface area contributed by atoms with E-state index in [2.05, 4.69) is 0 Å². The van der Waals surface area contributed by atoms with Crippen LogP contribution in [0.3, 0.4) is 0 Å². The van der Waals surface area contributed by atoms with Gasteiger partial charge in [0.15, 0.2) is 0 Å². The van der Waals surface area contributed by atoms with Gasteiger partial charge >= 0.3 is 0 Å². The van der Waals surface area contributed by atoms with Crippen molar-refractivity contribution in [1.29, 1.82) is 5.41 Å². The highest BCUT2D eigenvalue weighted by Gasteiger charge is 2.07. The second-order valence-corrected chi connectivity index (χ2v) is 4.41. The van der Waals surface area contributed by atoms with Crippen LogP contribution in [0.25, 0.3) is 0 Å². The van der Waals surface area contributed by atoms with Gasteiger partial charge in [0.1, 0.15) is 17.3 Å². The smallest absolute Gasteiger partial charge is 0.146 e. The highest BCUT2D eigenvalue weighted by molar-refractivity contribution is 6.33. The Hall–Kier alpha value is -1.71. The second-order valence-electron chi connectivity index (χ2n) is 3.59. The Morgan fingerprint density at radius 3 is 2.28 bits per heavy atom. The van der Waals surface area contributed by atoms with Gasteiger partial charge in [-0.15, -0.1) is 0 Å². The molecule has 5 heteroatoms. The van der Waals surface area contributed by atoms with Crippen LogP contribution in [-0.2, 0) is 0 Å². The van der Waals surface area contributed by atoms with E-state index < -0.39 is 0 Å². The first-order chi connectivity index (χ1) is 8.58. The van der Waals surface area contributed by atoms with Crippen molar-refractivity contribution in [3.05, 3.63) is 58.1 Å². The molecule has 0 fully saturated rings. The number of hydrogen-bond acceptors (Lipinski definition) is 2. The van der Waals surface area contributed by atoms with Crippen molar-refractivity contribution in [2.45, 2.75) is 0 Å². The molecule has 92 valence electrons. The molecule has 3 N–H and O–H groups in total. The highest BCUT2D eigenvalue weighted by atomic mass is 35.5. The monoisotopic (exact) mass is 280 g/mol. The molecule has 0 aliphatic carbocycles. The number of para-hydroxylation sites is 1. The second kappa shape index (κ2) is 5.29. The Kier molecular flexibility index (Phi) is 3.75. The molecule has 0 amide bonds. The first-order valence-corrected chi connectivity index (χ1v) is 5.90. The minimum Gasteiger partial charge on any atom is -0.454 e. The Morgan fingerprint density at radius 1 is 1.00 bits per heavy atom. The lowest BCUT2D eigenvalue weighted by Crippen LogP contribution is -2.10. The molecule has 0 atom stereocenters. The van der Waals surface area contributed by atoms with Gasteiger partial charge in [-0.3, -0.25) is 5.41 Å². The minimum atomic E-state index is -0.0406. The van der Waals surface area contributed by atoms with E-state index in [1.54, 1.807) is 30.3 Å². The molecule has 0 unspecified atom stereocenters. The van der Waals surface area contributed by atoms with Gasteiger partial charge < -0.3 is 10.5 Å². The summed E-state index contributed by atoms with van der Waals surface area (Å²) in [6.45, 7) is 0. The van der Waals surface area contributed by atoms with Crippen LogP contribution in [0.2, 0.25) is 10.0 Å². The Bertz CT molecular complexity index is 599. The van der Waals surface area contributed by atoms with Gasteiger partial charge in [-0.1, -0.05) is 35.3 Å². The van der Waals surface area contributed by atoms with E-state index >= 15 is 0 Å². The molecular weight excluding hydrogens is 271 g/mol. The molecule has 0 saturated heterocycles. The van der Waals surface area contributed by atoms with Crippen molar-refractivity contribution in [1.82, 2.24) is 0 Å². The number of nitrogen functional groups attached to an aromatic ring is 1. The van der Waals surface area contributed by atoms with Crippen LogP contribution in [0.1, 0.15) is 5.56 Å². The number of rotatable bonds is 3. The van der Waals surface area contributed by atoms with Crippen LogP contribution >= 0.6 is 23.2 Å². The van der Waals surface area contributed by atoms with Crippen molar-refractivity contribution in [2.75, 3.05) is 0 Å². The van der Waals surface area contributed by atoms with Crippen LogP contribution in [0.4, 0.5) is 0 Å². The van der Waals surface area contributed by atoms with Crippen molar-refractivity contribution >= 4 is 29.0 Å². The first kappa shape index (κ1) is 12.7. The first-order valence-electron chi connectivity index (χ1n) is 5.14. The lowest BCUT2D eigenvalue weighted by Gasteiger charge is -2.09. The fraction of sp³-hybridized carbons (Fsp3) is 0. The third-order valence-corrected chi connectivity index (χ3v) is 2.91. The summed E-state index contributed by atoms with van der Waals surface area (Å²) in [6, 6.07) is 12.0. The van der Waals surface area contributed by atoms with Gasteiger partial charge in [-0.05, 0) is 30.3 Å². The standard InChI is InChI=1S/C13H10Cl2N2O/c14-9-3-1-2-4-11(9)18-12-6-5-8(13(16)17)7-10(12)15/h1-7H,(H3,16,17). The van der Waals surface area contributed by atoms with Crippen molar-refractivity contribution < 1.29 is 4.74 Å². The Labute approximate surface area is 115 Å². The van der Waals surface area contributed by atoms with E-state index in [4.69, 9.17) is 39.1 Å². The molecule has 2 aromatic carbocycles. The molecule has 2 aromatic rings. The van der Waals surface area contributed by atoms with E-state index in [1.165, 1.54) is 0 Å². The fourth-order valence-electron chi connectivity index (χ4n) is 1.40. The molecule has 3 nitrogen and oxygen atoms in total. The van der Waals surface area contributed by atoms with Crippen molar-refractivity contribution in [2.24, 2.45) is 5.73 Å². The molecule has 0 aliphatic heterocycles. The van der Waals surface area contributed by atoms with Crippen LogP contribution in [0, 0.1) is 5.41 Å². The van der Waals surface area contributed by atoms with Crippen LogP contribution in [0.15, 0.2) is 42.5 Å². The Morgan fingerprint density at radius 2 is 1.67 bits per heavy atom. The van der Waals surface area contributed by atoms with E-state index in [0.29, 0.717) is 27.1 Å². The maximum absolute atomic E-state index is 7.31. The van der Waals surface area contributed by atoms with Gasteiger partial charge in [0.05, 0.1) is 10.0 Å². The summed E-state index contributed by atoms with van der Waals surface area (Å²) >= 11 is 12.0. The quantitative estimate of drug-likeness (QED) is 0.658. The molecule has 0 aliphatic rings. The van der Waals surface area contributed by atoms with Gasteiger partial charge in [-0.25, -0.2) is 0 Å². The number of ether oxygens (including phenoxy) is 1. The summed E-state index contributed by atoms with van der Waals surface area (Å²) in [5, 5.41) is 8.20. The third-order valence-electron chi connectivity index (χ3n) is 2.30. The fourth-order valence-corrected chi connectivity index (χ4v) is 1.79. The van der Waals surface area contributed by atoms with E-state index in [-0.39, 0.29) is 5.84 Å². The average Bonchev–Trinajstić information content (AvgIpc) is 2.34. The SMILES string of the molecule is N=C(N)c1ccc(Oc2ccccc2Cl)c(Cl)c1. The highest BCUT2D eigenvalue weighted by Crippen LogP contribution is 2.33. The summed E-state index contributed by atoms with van der Waals surface area (Å²) in [5.41, 5.74) is 5.92. The van der Waals surface area contributed by atoms with Crippen molar-refractivity contribution in [3.8, 4) is 11.5 Å². The molecule has 0 heterocycles. The molecule has 0 saturated carbocycles. The molecule has 18 heavy (non-hydrogen) atoms. The average molecular weight is 281 g/mol. The van der Waals surface area contributed by atoms with Gasteiger partial charge in [0, 0.05) is 5.56 Å². The molecule has 0 spiro atoms. The number of amidine groups is 1. The van der Waals surface area contributed by atoms with Crippen LogP contribution in [-0.4, -0.2) is 5.84 Å². The Balaban J connectivity index is 2.30. The summed E-state index contributed by atoms with van der Waals surface area (Å²) in [4.78, 5) is 0. The van der Waals surface area contributed by atoms with E-state index in [0.717, 1.165) is 0 Å². The van der Waals surface area contributed by atoms with E-state index in [9.17, 15) is 0 Å². The zero-order valence-electron chi connectivity index (χ0n) is 9.28. The molecule has 0 bridgehead atoms. The lowest BCUT2D eigenvalue weighted by molar-refractivity contribution is 0.483. The topological polar surface area (TPSA) is 59.1 Å². The number of hydrogen-bond donors (Lipinski definition) is 2. The van der Waals surface area contributed by atoms with Gasteiger partial charge in [0.2, 0.25) is 0 Å². The van der Waals surface area contributed by atoms with E-state index in [1.807, 2.05) is 12.1 Å². The molecule has 0 radical (unpaired) electrons. The zero-order chi connectivity index (χ0) is 13.1. The zero-order valence-corrected chi connectivity index (χ0v) is 10.8. The molecule has 2 rings (SSSR count). The molecular formula is C13H10Cl2N2O. The number of nitrogens with two attached hydrogens (primary N) is 1. The van der Waals surface area contributed by atoms with Crippen LogP contribution < -0.4 is 10.5 Å². The van der Waals surface area contributed by atoms with Crippen molar-refractivity contribution in [3.63, 3.8) is 0 Å². The largest absolute Gasteiger partial charge is 0.454 e. The number of benzene rings is 2. The summed E-state index contributed by atoms with van der Waals surface area (Å²) in [7, 11) is 0. The number of nitrogens with one attached hydrogen (secondary N) is 1. The normalized spacial score (nSPS) is 10.1. The third kappa shape index (κ3) is 2.75. The lowest BCUT2D eigenvalue weighted by atomic mass is 10.2. The minimum absolute atomic E-state index is 0.0406. The summed E-state index contributed by atoms with van der Waals surface area (Å²) in [5.74, 6) is 0.951. The summed E-state index contributed by atoms with van der Waals surface area (Å²) in [6.07, 6.45) is 0. The van der Waals surface area contributed by atoms with Gasteiger partial charge in [0.25, 0.3) is 0 Å². The summed E-state index contributed by atoms with van der Waals surface area (Å²) < 4.78 is 5.60. The van der Waals surface area contributed by atoms with Crippen LogP contribution in [0.5, 0.6) is 11.5 Å². The maximum Gasteiger partial charge on any atom is 0.146 e. The maximum atomic E-state index is 7.31. The predicted octanol–water partition coefficient (Wildman–Crippen LogP) is 4.07.